The van der Waals surface area contributed by atoms with Crippen LogP contribution in [0.3, 0.4) is 0 Å². The normalized spacial score (nSPS) is 12.8. The number of nitrogens with two attached hydrogens (primary N) is 1. The zero-order valence-corrected chi connectivity index (χ0v) is 14.0. The van der Waals surface area contributed by atoms with Gasteiger partial charge in [0.15, 0.2) is 0 Å². The number of imidazole rings is 1. The van der Waals surface area contributed by atoms with Crippen LogP contribution in [0.15, 0.2) is 47.3 Å². The van der Waals surface area contributed by atoms with Crippen molar-refractivity contribution in [3.8, 4) is 0 Å². The maximum absolute atomic E-state index is 12.0. The van der Waals surface area contributed by atoms with E-state index in [0.29, 0.717) is 0 Å². The molecule has 1 atom stereocenters. The summed E-state index contributed by atoms with van der Waals surface area (Å²) in [6.07, 6.45) is 0. The highest BCUT2D eigenvalue weighted by molar-refractivity contribution is 14.1. The maximum atomic E-state index is 12.0. The first-order valence-corrected chi connectivity index (χ1v) is 7.73. The maximum Gasteiger partial charge on any atom is 0.328 e. The smallest absolute Gasteiger partial charge is 0.320 e. The van der Waals surface area contributed by atoms with Gasteiger partial charge >= 0.3 is 5.69 Å². The molecule has 1 unspecified atom stereocenters. The second-order valence-corrected chi connectivity index (χ2v) is 6.42. The van der Waals surface area contributed by atoms with Crippen LogP contribution in [0.5, 0.6) is 0 Å². The minimum atomic E-state index is -0.193. The van der Waals surface area contributed by atoms with Gasteiger partial charge in [-0.15, -0.1) is 0 Å². The third-order valence-electron chi connectivity index (χ3n) is 3.88. The number of fused-ring (bicyclic) bond motifs is 1. The molecule has 0 aliphatic rings. The minimum absolute atomic E-state index is 0.0232. The lowest BCUT2D eigenvalue weighted by atomic mass is 9.99. The Hall–Kier alpha value is -1.60. The van der Waals surface area contributed by atoms with E-state index in [1.807, 2.05) is 42.5 Å². The van der Waals surface area contributed by atoms with E-state index in [-0.39, 0.29) is 11.7 Å². The molecule has 0 saturated heterocycles. The molecule has 4 nitrogen and oxygen atoms in total. The van der Waals surface area contributed by atoms with E-state index in [9.17, 15) is 4.79 Å². The van der Waals surface area contributed by atoms with E-state index >= 15 is 0 Å². The van der Waals surface area contributed by atoms with Gasteiger partial charge in [0.2, 0.25) is 0 Å². The lowest BCUT2D eigenvalue weighted by molar-refractivity contribution is 0.795. The Morgan fingerprint density at radius 3 is 2.19 bits per heavy atom. The topological polar surface area (TPSA) is 53.0 Å². The highest BCUT2D eigenvalue weighted by Crippen LogP contribution is 2.23. The molecule has 0 fully saturated rings. The van der Waals surface area contributed by atoms with Crippen molar-refractivity contribution in [1.29, 1.82) is 0 Å². The van der Waals surface area contributed by atoms with Crippen LogP contribution in [0.4, 0.5) is 0 Å². The summed E-state index contributed by atoms with van der Waals surface area (Å²) in [5.41, 5.74) is 10.2. The monoisotopic (exact) mass is 393 g/mol. The SMILES string of the molecule is Cn1c(=O)n(C)c2cc(C(N)c3ccc(I)cc3)ccc21. The van der Waals surface area contributed by atoms with Gasteiger partial charge in [0.05, 0.1) is 17.1 Å². The Kier molecular flexibility index (Phi) is 3.62. The summed E-state index contributed by atoms with van der Waals surface area (Å²) < 4.78 is 4.49. The largest absolute Gasteiger partial charge is 0.328 e. The summed E-state index contributed by atoms with van der Waals surface area (Å²) in [4.78, 5) is 12.0. The molecular weight excluding hydrogens is 377 g/mol. The van der Waals surface area contributed by atoms with E-state index in [1.54, 1.807) is 23.2 Å². The summed E-state index contributed by atoms with van der Waals surface area (Å²) in [5.74, 6) is 0. The third kappa shape index (κ3) is 2.40. The minimum Gasteiger partial charge on any atom is -0.320 e. The van der Waals surface area contributed by atoms with E-state index in [4.69, 9.17) is 5.73 Å². The average Bonchev–Trinajstić information content (AvgIpc) is 2.72. The van der Waals surface area contributed by atoms with Crippen molar-refractivity contribution in [3.05, 3.63) is 67.6 Å². The fourth-order valence-electron chi connectivity index (χ4n) is 2.58. The van der Waals surface area contributed by atoms with Crippen molar-refractivity contribution in [3.63, 3.8) is 0 Å². The van der Waals surface area contributed by atoms with Crippen LogP contribution in [-0.2, 0) is 14.1 Å². The molecule has 21 heavy (non-hydrogen) atoms. The van der Waals surface area contributed by atoms with Crippen molar-refractivity contribution in [2.45, 2.75) is 6.04 Å². The van der Waals surface area contributed by atoms with Gasteiger partial charge in [0.25, 0.3) is 0 Å². The molecule has 2 aromatic carbocycles. The summed E-state index contributed by atoms with van der Waals surface area (Å²) >= 11 is 2.28. The molecule has 0 bridgehead atoms. The summed E-state index contributed by atoms with van der Waals surface area (Å²) in [6.45, 7) is 0. The van der Waals surface area contributed by atoms with E-state index in [2.05, 4.69) is 22.6 Å². The standard InChI is InChI=1S/C16H16IN3O/c1-19-13-8-5-11(9-14(13)20(2)16(19)21)15(18)10-3-6-12(17)7-4-10/h3-9,15H,18H2,1-2H3. The molecule has 5 heteroatoms. The molecule has 3 rings (SSSR count). The fraction of sp³-hybridized carbons (Fsp3) is 0.188. The van der Waals surface area contributed by atoms with E-state index in [0.717, 1.165) is 22.2 Å². The molecule has 0 spiro atoms. The van der Waals surface area contributed by atoms with Gasteiger partial charge in [-0.1, -0.05) is 18.2 Å². The molecule has 1 heterocycles. The molecule has 108 valence electrons. The number of nitrogens with zero attached hydrogens (tertiary/aromatic N) is 2. The van der Waals surface area contributed by atoms with Crippen molar-refractivity contribution in [1.82, 2.24) is 9.13 Å². The number of benzene rings is 2. The quantitative estimate of drug-likeness (QED) is 0.681. The molecule has 0 amide bonds. The van der Waals surface area contributed by atoms with Crippen molar-refractivity contribution in [2.24, 2.45) is 19.8 Å². The number of halogens is 1. The third-order valence-corrected chi connectivity index (χ3v) is 4.60. The molecular formula is C16H16IN3O. The van der Waals surface area contributed by atoms with Crippen LogP contribution in [0.25, 0.3) is 11.0 Å². The van der Waals surface area contributed by atoms with E-state index in [1.165, 1.54) is 3.57 Å². The first-order valence-electron chi connectivity index (χ1n) is 6.65. The Balaban J connectivity index is 2.10. The van der Waals surface area contributed by atoms with Crippen molar-refractivity contribution in [2.75, 3.05) is 0 Å². The zero-order chi connectivity index (χ0) is 15.1. The fourth-order valence-corrected chi connectivity index (χ4v) is 2.94. The van der Waals surface area contributed by atoms with Crippen LogP contribution in [0.1, 0.15) is 17.2 Å². The predicted octanol–water partition coefficient (Wildman–Crippen LogP) is 2.53. The lowest BCUT2D eigenvalue weighted by Crippen LogP contribution is -2.19. The number of aryl methyl sites for hydroxylation is 2. The van der Waals surface area contributed by atoms with Crippen LogP contribution in [-0.4, -0.2) is 9.13 Å². The van der Waals surface area contributed by atoms with Crippen LogP contribution in [0.2, 0.25) is 0 Å². The van der Waals surface area contributed by atoms with Gasteiger partial charge in [-0.2, -0.15) is 0 Å². The van der Waals surface area contributed by atoms with Gasteiger partial charge in [-0.3, -0.25) is 9.13 Å². The van der Waals surface area contributed by atoms with Crippen molar-refractivity contribution >= 4 is 33.6 Å². The van der Waals surface area contributed by atoms with Crippen LogP contribution < -0.4 is 11.4 Å². The summed E-state index contributed by atoms with van der Waals surface area (Å²) in [5, 5.41) is 0. The van der Waals surface area contributed by atoms with Gasteiger partial charge in [0.1, 0.15) is 0 Å². The molecule has 0 aliphatic heterocycles. The van der Waals surface area contributed by atoms with Gasteiger partial charge in [-0.05, 0) is 58.0 Å². The second kappa shape index (κ2) is 5.31. The Morgan fingerprint density at radius 2 is 1.52 bits per heavy atom. The van der Waals surface area contributed by atoms with E-state index < -0.39 is 0 Å². The molecule has 0 aliphatic carbocycles. The molecule has 3 aromatic rings. The van der Waals surface area contributed by atoms with Gasteiger partial charge in [-0.25, -0.2) is 4.79 Å². The lowest BCUT2D eigenvalue weighted by Gasteiger charge is -2.13. The Labute approximate surface area is 136 Å². The number of hydrogen-bond donors (Lipinski definition) is 1. The predicted molar refractivity (Wildman–Crippen MR) is 93.3 cm³/mol. The summed E-state index contributed by atoms with van der Waals surface area (Å²) in [7, 11) is 3.56. The van der Waals surface area contributed by atoms with Crippen LogP contribution >= 0.6 is 22.6 Å². The highest BCUT2D eigenvalue weighted by atomic mass is 127. The highest BCUT2D eigenvalue weighted by Gasteiger charge is 2.13. The second-order valence-electron chi connectivity index (χ2n) is 5.18. The molecule has 0 radical (unpaired) electrons. The summed E-state index contributed by atoms with van der Waals surface area (Å²) in [6, 6.07) is 13.9. The number of hydrogen-bond acceptors (Lipinski definition) is 2. The van der Waals surface area contributed by atoms with Crippen LogP contribution in [0, 0.1) is 3.57 Å². The Morgan fingerprint density at radius 1 is 0.952 bits per heavy atom. The first kappa shape index (κ1) is 14.3. The van der Waals surface area contributed by atoms with Gasteiger partial charge in [0, 0.05) is 17.7 Å². The average molecular weight is 393 g/mol. The van der Waals surface area contributed by atoms with Gasteiger partial charge < -0.3 is 5.73 Å². The number of aromatic nitrogens is 2. The van der Waals surface area contributed by atoms with Crippen molar-refractivity contribution < 1.29 is 0 Å². The molecule has 0 saturated carbocycles. The molecule has 2 N–H and O–H groups in total. The number of rotatable bonds is 2. The zero-order valence-electron chi connectivity index (χ0n) is 11.9. The Bertz CT molecular complexity index is 862. The first-order chi connectivity index (χ1) is 9.99. The molecule has 1 aromatic heterocycles.